The Morgan fingerprint density at radius 2 is 2.07 bits per heavy atom. The van der Waals surface area contributed by atoms with Crippen LogP contribution < -0.4 is 0 Å². The highest BCUT2D eigenvalue weighted by atomic mass is 19.1. The standard InChI is InChI=1S/C10H16FNO2/c11-10(9(13)14)5-1-2-6-12-7-3-4-8(10)12/h8H,1-7H2,(H,13,14). The van der Waals surface area contributed by atoms with Crippen molar-refractivity contribution < 1.29 is 14.3 Å². The molecule has 3 nitrogen and oxygen atoms in total. The summed E-state index contributed by atoms with van der Waals surface area (Å²) in [7, 11) is 0. The van der Waals surface area contributed by atoms with Gasteiger partial charge in [0.25, 0.3) is 0 Å². The molecule has 0 radical (unpaired) electrons. The van der Waals surface area contributed by atoms with E-state index in [-0.39, 0.29) is 12.5 Å². The summed E-state index contributed by atoms with van der Waals surface area (Å²) in [6, 6.07) is -0.373. The van der Waals surface area contributed by atoms with Crippen LogP contribution in [0.4, 0.5) is 4.39 Å². The van der Waals surface area contributed by atoms with Crippen LogP contribution in [-0.4, -0.2) is 40.8 Å². The number of hydrogen-bond acceptors (Lipinski definition) is 2. The van der Waals surface area contributed by atoms with Crippen molar-refractivity contribution in [3.63, 3.8) is 0 Å². The number of rotatable bonds is 1. The van der Waals surface area contributed by atoms with Crippen LogP contribution in [0.2, 0.25) is 0 Å². The first-order valence-corrected chi connectivity index (χ1v) is 5.31. The molecule has 0 aliphatic carbocycles. The Labute approximate surface area is 82.9 Å². The van der Waals surface area contributed by atoms with Crippen molar-refractivity contribution in [1.82, 2.24) is 4.90 Å². The molecule has 2 rings (SSSR count). The van der Waals surface area contributed by atoms with Gasteiger partial charge in [-0.05, 0) is 45.2 Å². The minimum Gasteiger partial charge on any atom is -0.479 e. The number of nitrogens with zero attached hydrogens (tertiary/aromatic N) is 1. The number of carboxylic acids is 1. The molecule has 2 saturated heterocycles. The zero-order chi connectivity index (χ0) is 10.2. The zero-order valence-electron chi connectivity index (χ0n) is 8.21. The zero-order valence-corrected chi connectivity index (χ0v) is 8.21. The predicted octanol–water partition coefficient (Wildman–Crippen LogP) is 1.43. The van der Waals surface area contributed by atoms with Gasteiger partial charge >= 0.3 is 5.97 Å². The summed E-state index contributed by atoms with van der Waals surface area (Å²) >= 11 is 0. The molecule has 0 spiro atoms. The molecule has 14 heavy (non-hydrogen) atoms. The SMILES string of the molecule is O=C(O)C1(F)CCCCN2CCCC21. The van der Waals surface area contributed by atoms with Gasteiger partial charge in [-0.3, -0.25) is 4.90 Å². The topological polar surface area (TPSA) is 40.5 Å². The van der Waals surface area contributed by atoms with Crippen molar-refractivity contribution in [3.05, 3.63) is 0 Å². The molecule has 2 aliphatic rings. The molecule has 0 aromatic heterocycles. The maximum atomic E-state index is 14.3. The fraction of sp³-hybridized carbons (Fsp3) is 0.900. The number of aliphatic carboxylic acids is 1. The molecule has 2 atom stereocenters. The molecule has 0 aromatic carbocycles. The van der Waals surface area contributed by atoms with E-state index in [1.54, 1.807) is 0 Å². The molecule has 0 saturated carbocycles. The maximum Gasteiger partial charge on any atom is 0.343 e. The van der Waals surface area contributed by atoms with Crippen LogP contribution in [0.3, 0.4) is 0 Å². The van der Waals surface area contributed by atoms with E-state index in [0.29, 0.717) is 12.8 Å². The van der Waals surface area contributed by atoms with Gasteiger partial charge in [-0.1, -0.05) is 0 Å². The normalized spacial score (nSPS) is 39.1. The van der Waals surface area contributed by atoms with E-state index in [4.69, 9.17) is 5.11 Å². The van der Waals surface area contributed by atoms with Gasteiger partial charge in [0.2, 0.25) is 5.67 Å². The second kappa shape index (κ2) is 3.50. The number of carboxylic acid groups (broad SMARTS) is 1. The highest BCUT2D eigenvalue weighted by Crippen LogP contribution is 2.36. The molecule has 80 valence electrons. The lowest BCUT2D eigenvalue weighted by molar-refractivity contribution is -0.155. The van der Waals surface area contributed by atoms with Crippen molar-refractivity contribution >= 4 is 5.97 Å². The van der Waals surface area contributed by atoms with Crippen molar-refractivity contribution in [2.45, 2.75) is 43.8 Å². The first kappa shape index (κ1) is 9.90. The fourth-order valence-electron chi connectivity index (χ4n) is 2.73. The van der Waals surface area contributed by atoms with Crippen LogP contribution >= 0.6 is 0 Å². The van der Waals surface area contributed by atoms with Crippen molar-refractivity contribution in [2.75, 3.05) is 13.1 Å². The predicted molar refractivity (Wildman–Crippen MR) is 49.9 cm³/mol. The summed E-state index contributed by atoms with van der Waals surface area (Å²) in [6.45, 7) is 1.73. The Hall–Kier alpha value is -0.640. The lowest BCUT2D eigenvalue weighted by Gasteiger charge is -2.31. The summed E-state index contributed by atoms with van der Waals surface area (Å²) in [5.41, 5.74) is -1.99. The van der Waals surface area contributed by atoms with Gasteiger partial charge in [-0.25, -0.2) is 9.18 Å². The monoisotopic (exact) mass is 201 g/mol. The minimum absolute atomic E-state index is 0.184. The summed E-state index contributed by atoms with van der Waals surface area (Å²) in [6.07, 6.45) is 3.43. The number of fused-ring (bicyclic) bond motifs is 1. The summed E-state index contributed by atoms with van der Waals surface area (Å²) < 4.78 is 14.3. The van der Waals surface area contributed by atoms with Gasteiger partial charge in [-0.2, -0.15) is 0 Å². The van der Waals surface area contributed by atoms with Gasteiger partial charge in [0.15, 0.2) is 0 Å². The maximum absolute atomic E-state index is 14.3. The van der Waals surface area contributed by atoms with Gasteiger partial charge in [-0.15, -0.1) is 0 Å². The number of carbonyl (C=O) groups is 1. The van der Waals surface area contributed by atoms with E-state index < -0.39 is 11.6 Å². The molecular formula is C10H16FNO2. The van der Waals surface area contributed by atoms with Crippen LogP contribution in [-0.2, 0) is 4.79 Å². The average molecular weight is 201 g/mol. The Morgan fingerprint density at radius 1 is 1.36 bits per heavy atom. The molecule has 2 aliphatic heterocycles. The lowest BCUT2D eigenvalue weighted by Crippen LogP contribution is -2.50. The molecule has 2 unspecified atom stereocenters. The Balaban J connectivity index is 2.24. The molecule has 0 amide bonds. The summed E-state index contributed by atoms with van der Waals surface area (Å²) in [5.74, 6) is -1.27. The Bertz CT molecular complexity index is 246. The third-order valence-corrected chi connectivity index (χ3v) is 3.48. The van der Waals surface area contributed by atoms with Crippen LogP contribution in [0.1, 0.15) is 32.1 Å². The smallest absolute Gasteiger partial charge is 0.343 e. The quantitative estimate of drug-likeness (QED) is 0.697. The Kier molecular flexibility index (Phi) is 2.47. The minimum atomic E-state index is -1.99. The van der Waals surface area contributed by atoms with Crippen molar-refractivity contribution in [1.29, 1.82) is 0 Å². The van der Waals surface area contributed by atoms with Crippen LogP contribution in [0.5, 0.6) is 0 Å². The van der Waals surface area contributed by atoms with E-state index >= 15 is 0 Å². The van der Waals surface area contributed by atoms with Gasteiger partial charge in [0.05, 0.1) is 6.04 Å². The number of hydrogen-bond donors (Lipinski definition) is 1. The molecule has 4 heteroatoms. The summed E-state index contributed by atoms with van der Waals surface area (Å²) in [5, 5.41) is 8.97. The molecular weight excluding hydrogens is 185 g/mol. The molecule has 0 bridgehead atoms. The highest BCUT2D eigenvalue weighted by molar-refractivity contribution is 5.78. The van der Waals surface area contributed by atoms with E-state index in [1.165, 1.54) is 0 Å². The molecule has 1 N–H and O–H groups in total. The van der Waals surface area contributed by atoms with Gasteiger partial charge in [0, 0.05) is 0 Å². The third-order valence-electron chi connectivity index (χ3n) is 3.48. The fourth-order valence-corrected chi connectivity index (χ4v) is 2.73. The van der Waals surface area contributed by atoms with Gasteiger partial charge in [0.1, 0.15) is 0 Å². The first-order chi connectivity index (χ1) is 6.64. The largest absolute Gasteiger partial charge is 0.479 e. The van der Waals surface area contributed by atoms with E-state index in [0.717, 1.165) is 25.9 Å². The van der Waals surface area contributed by atoms with Crippen molar-refractivity contribution in [3.8, 4) is 0 Å². The van der Waals surface area contributed by atoms with E-state index in [1.807, 2.05) is 4.90 Å². The summed E-state index contributed by atoms with van der Waals surface area (Å²) in [4.78, 5) is 13.0. The second-order valence-electron chi connectivity index (χ2n) is 4.32. The first-order valence-electron chi connectivity index (χ1n) is 5.31. The molecule has 2 heterocycles. The third kappa shape index (κ3) is 1.41. The van der Waals surface area contributed by atoms with Gasteiger partial charge < -0.3 is 5.11 Å². The lowest BCUT2D eigenvalue weighted by atomic mass is 9.90. The molecule has 2 fully saturated rings. The van der Waals surface area contributed by atoms with Crippen LogP contribution in [0.15, 0.2) is 0 Å². The highest BCUT2D eigenvalue weighted by Gasteiger charge is 2.51. The number of halogens is 1. The number of alkyl halides is 1. The van der Waals surface area contributed by atoms with Crippen molar-refractivity contribution in [2.24, 2.45) is 0 Å². The van der Waals surface area contributed by atoms with E-state index in [2.05, 4.69) is 0 Å². The molecule has 0 aromatic rings. The Morgan fingerprint density at radius 3 is 2.79 bits per heavy atom. The van der Waals surface area contributed by atoms with E-state index in [9.17, 15) is 9.18 Å². The van der Waals surface area contributed by atoms with Crippen LogP contribution in [0, 0.1) is 0 Å². The second-order valence-corrected chi connectivity index (χ2v) is 4.32. The average Bonchev–Trinajstić information content (AvgIpc) is 2.54. The van der Waals surface area contributed by atoms with Crippen LogP contribution in [0.25, 0.3) is 0 Å².